The summed E-state index contributed by atoms with van der Waals surface area (Å²) in [5.41, 5.74) is 0. The molecule has 0 saturated heterocycles. The summed E-state index contributed by atoms with van der Waals surface area (Å²) in [6.07, 6.45) is 2.09. The lowest BCUT2D eigenvalue weighted by Gasteiger charge is -2.12. The monoisotopic (exact) mass is 317 g/mol. The van der Waals surface area contributed by atoms with Crippen LogP contribution in [0.3, 0.4) is 0 Å². The zero-order valence-corrected chi connectivity index (χ0v) is 12.8. The Labute approximate surface area is 115 Å². The van der Waals surface area contributed by atoms with Crippen LogP contribution >= 0.6 is 15.9 Å². The Balaban J connectivity index is 2.36. The second-order valence-corrected chi connectivity index (χ2v) is 6.63. The van der Waals surface area contributed by atoms with Crippen molar-refractivity contribution in [1.82, 2.24) is 5.32 Å². The molecular formula is C13H20BrNOS. The van der Waals surface area contributed by atoms with Gasteiger partial charge in [-0.2, -0.15) is 0 Å². The van der Waals surface area contributed by atoms with Gasteiger partial charge in [-0.1, -0.05) is 22.9 Å². The van der Waals surface area contributed by atoms with E-state index in [1.54, 1.807) is 0 Å². The third kappa shape index (κ3) is 5.80. The summed E-state index contributed by atoms with van der Waals surface area (Å²) in [5, 5.41) is 3.41. The molecule has 0 fully saturated rings. The van der Waals surface area contributed by atoms with Gasteiger partial charge in [0.05, 0.1) is 10.8 Å². The molecule has 0 spiro atoms. The van der Waals surface area contributed by atoms with Gasteiger partial charge >= 0.3 is 0 Å². The van der Waals surface area contributed by atoms with Gasteiger partial charge in [-0.15, -0.1) is 0 Å². The molecule has 0 aliphatic heterocycles. The van der Waals surface area contributed by atoms with Crippen LogP contribution in [-0.4, -0.2) is 22.5 Å². The quantitative estimate of drug-likeness (QED) is 0.835. The first-order valence-corrected chi connectivity index (χ1v) is 8.12. The van der Waals surface area contributed by atoms with Crippen molar-refractivity contribution in [2.24, 2.45) is 0 Å². The van der Waals surface area contributed by atoms with E-state index in [-0.39, 0.29) is 0 Å². The number of nitrogens with one attached hydrogen (secondary N) is 1. The molecule has 0 saturated carbocycles. The highest BCUT2D eigenvalue weighted by Gasteiger charge is 2.06. The minimum atomic E-state index is -0.879. The molecule has 0 aliphatic carbocycles. The standard InChI is InChI=1S/C13H20BrNOS/c1-3-9-15-11(2)8-10-17(16)13-6-4-12(14)5-7-13/h4-7,11,15H,3,8-10H2,1-2H3. The fourth-order valence-corrected chi connectivity index (χ4v) is 2.99. The van der Waals surface area contributed by atoms with Gasteiger partial charge in [0, 0.05) is 21.2 Å². The van der Waals surface area contributed by atoms with Gasteiger partial charge in [0.25, 0.3) is 0 Å². The Morgan fingerprint density at radius 2 is 2.00 bits per heavy atom. The Kier molecular flexibility index (Phi) is 7.00. The van der Waals surface area contributed by atoms with Crippen molar-refractivity contribution in [3.8, 4) is 0 Å². The zero-order valence-electron chi connectivity index (χ0n) is 10.4. The van der Waals surface area contributed by atoms with Crippen molar-refractivity contribution in [3.05, 3.63) is 28.7 Å². The number of hydrogen-bond donors (Lipinski definition) is 1. The Hall–Kier alpha value is -0.190. The van der Waals surface area contributed by atoms with E-state index in [1.165, 1.54) is 0 Å². The van der Waals surface area contributed by atoms with E-state index in [1.807, 2.05) is 24.3 Å². The first kappa shape index (κ1) is 14.9. The SMILES string of the molecule is CCCNC(C)CCS(=O)c1ccc(Br)cc1. The summed E-state index contributed by atoms with van der Waals surface area (Å²) in [5.74, 6) is 0.722. The molecule has 2 unspecified atom stereocenters. The predicted octanol–water partition coefficient (Wildman–Crippen LogP) is 3.33. The topological polar surface area (TPSA) is 29.1 Å². The molecule has 0 bridgehead atoms. The molecule has 0 radical (unpaired) electrons. The zero-order chi connectivity index (χ0) is 12.7. The van der Waals surface area contributed by atoms with E-state index in [0.717, 1.165) is 34.5 Å². The number of halogens is 1. The molecule has 96 valence electrons. The average molecular weight is 318 g/mol. The molecule has 1 aromatic rings. The van der Waals surface area contributed by atoms with Crippen LogP contribution in [0, 0.1) is 0 Å². The summed E-state index contributed by atoms with van der Waals surface area (Å²) < 4.78 is 13.0. The Morgan fingerprint density at radius 1 is 1.35 bits per heavy atom. The normalized spacial score (nSPS) is 14.5. The number of hydrogen-bond acceptors (Lipinski definition) is 2. The minimum absolute atomic E-state index is 0.439. The van der Waals surface area contributed by atoms with Crippen molar-refractivity contribution in [2.45, 2.75) is 37.6 Å². The van der Waals surface area contributed by atoms with E-state index < -0.39 is 10.8 Å². The fourth-order valence-electron chi connectivity index (χ4n) is 1.48. The summed E-state index contributed by atoms with van der Waals surface area (Å²) in [4.78, 5) is 0.913. The third-order valence-electron chi connectivity index (χ3n) is 2.56. The lowest BCUT2D eigenvalue weighted by Crippen LogP contribution is -2.28. The highest BCUT2D eigenvalue weighted by molar-refractivity contribution is 9.10. The van der Waals surface area contributed by atoms with Gasteiger partial charge in [0.15, 0.2) is 0 Å². The van der Waals surface area contributed by atoms with E-state index in [4.69, 9.17) is 0 Å². The molecule has 17 heavy (non-hydrogen) atoms. The van der Waals surface area contributed by atoms with E-state index in [9.17, 15) is 4.21 Å². The molecule has 4 heteroatoms. The van der Waals surface area contributed by atoms with Gasteiger partial charge in [-0.05, 0) is 50.6 Å². The molecule has 0 amide bonds. The largest absolute Gasteiger partial charge is 0.314 e. The van der Waals surface area contributed by atoms with Gasteiger partial charge in [-0.3, -0.25) is 4.21 Å². The van der Waals surface area contributed by atoms with Crippen LogP contribution in [0.5, 0.6) is 0 Å². The van der Waals surface area contributed by atoms with Crippen LogP contribution in [0.25, 0.3) is 0 Å². The van der Waals surface area contributed by atoms with Crippen molar-refractivity contribution in [2.75, 3.05) is 12.3 Å². The summed E-state index contributed by atoms with van der Waals surface area (Å²) in [6, 6.07) is 8.15. The first-order chi connectivity index (χ1) is 8.13. The van der Waals surface area contributed by atoms with Gasteiger partial charge in [0.1, 0.15) is 0 Å². The maximum absolute atomic E-state index is 12.0. The lowest BCUT2D eigenvalue weighted by molar-refractivity contribution is 0.533. The molecule has 0 aromatic heterocycles. The highest BCUT2D eigenvalue weighted by Crippen LogP contribution is 2.14. The minimum Gasteiger partial charge on any atom is -0.314 e. The molecule has 2 atom stereocenters. The van der Waals surface area contributed by atoms with Crippen molar-refractivity contribution < 1.29 is 4.21 Å². The molecule has 2 nitrogen and oxygen atoms in total. The van der Waals surface area contributed by atoms with Gasteiger partial charge in [0.2, 0.25) is 0 Å². The first-order valence-electron chi connectivity index (χ1n) is 6.00. The van der Waals surface area contributed by atoms with Crippen LogP contribution in [0.4, 0.5) is 0 Å². The van der Waals surface area contributed by atoms with Crippen LogP contribution in [-0.2, 0) is 10.8 Å². The highest BCUT2D eigenvalue weighted by atomic mass is 79.9. The van der Waals surface area contributed by atoms with Crippen LogP contribution in [0.15, 0.2) is 33.6 Å². The molecular weight excluding hydrogens is 298 g/mol. The van der Waals surface area contributed by atoms with E-state index in [0.29, 0.717) is 6.04 Å². The van der Waals surface area contributed by atoms with Gasteiger partial charge in [-0.25, -0.2) is 0 Å². The summed E-state index contributed by atoms with van der Waals surface area (Å²) in [7, 11) is -0.879. The van der Waals surface area contributed by atoms with Crippen LogP contribution in [0.1, 0.15) is 26.7 Å². The molecule has 1 rings (SSSR count). The smallest absolute Gasteiger partial charge is 0.0530 e. The Morgan fingerprint density at radius 3 is 2.59 bits per heavy atom. The van der Waals surface area contributed by atoms with Crippen LogP contribution in [0.2, 0.25) is 0 Å². The molecule has 1 aromatic carbocycles. The maximum Gasteiger partial charge on any atom is 0.0530 e. The fraction of sp³-hybridized carbons (Fsp3) is 0.538. The molecule has 0 heterocycles. The van der Waals surface area contributed by atoms with E-state index in [2.05, 4.69) is 35.1 Å². The number of rotatable bonds is 7. The maximum atomic E-state index is 12.0. The molecule has 0 aliphatic rings. The van der Waals surface area contributed by atoms with E-state index >= 15 is 0 Å². The molecule has 1 N–H and O–H groups in total. The third-order valence-corrected chi connectivity index (χ3v) is 4.49. The summed E-state index contributed by atoms with van der Waals surface area (Å²) >= 11 is 3.38. The lowest BCUT2D eigenvalue weighted by atomic mass is 10.2. The van der Waals surface area contributed by atoms with Crippen molar-refractivity contribution in [3.63, 3.8) is 0 Å². The van der Waals surface area contributed by atoms with Crippen molar-refractivity contribution in [1.29, 1.82) is 0 Å². The second-order valence-electron chi connectivity index (χ2n) is 4.15. The van der Waals surface area contributed by atoms with Gasteiger partial charge < -0.3 is 5.32 Å². The predicted molar refractivity (Wildman–Crippen MR) is 77.8 cm³/mol. The Bertz CT molecular complexity index is 353. The average Bonchev–Trinajstić information content (AvgIpc) is 2.34. The van der Waals surface area contributed by atoms with Crippen LogP contribution < -0.4 is 5.32 Å². The summed E-state index contributed by atoms with van der Waals surface area (Å²) in [6.45, 7) is 5.33. The number of benzene rings is 1. The second kappa shape index (κ2) is 8.01. The van der Waals surface area contributed by atoms with Crippen molar-refractivity contribution >= 4 is 26.7 Å².